The van der Waals surface area contributed by atoms with Crippen molar-refractivity contribution in [2.75, 3.05) is 29.0 Å². The monoisotopic (exact) mass is 368 g/mol. The van der Waals surface area contributed by atoms with Gasteiger partial charge in [0.05, 0.1) is 0 Å². The highest BCUT2D eigenvalue weighted by molar-refractivity contribution is 9.10. The SMILES string of the molecule is CCN(CC)c1nc(N)c(C(=O)Nc2cccc(Br)c2)s1. The number of hydrogen-bond donors (Lipinski definition) is 2. The molecule has 0 unspecified atom stereocenters. The van der Waals surface area contributed by atoms with Crippen molar-refractivity contribution in [1.29, 1.82) is 0 Å². The second kappa shape index (κ2) is 6.91. The van der Waals surface area contributed by atoms with Gasteiger partial charge in [-0.15, -0.1) is 0 Å². The topological polar surface area (TPSA) is 71.2 Å². The Labute approximate surface area is 136 Å². The summed E-state index contributed by atoms with van der Waals surface area (Å²) >= 11 is 4.69. The molecule has 0 atom stereocenters. The number of nitrogens with zero attached hydrogens (tertiary/aromatic N) is 2. The Hall–Kier alpha value is -1.60. The molecule has 0 fully saturated rings. The van der Waals surface area contributed by atoms with Crippen LogP contribution in [0.3, 0.4) is 0 Å². The minimum Gasteiger partial charge on any atom is -0.382 e. The number of anilines is 3. The molecule has 0 saturated heterocycles. The summed E-state index contributed by atoms with van der Waals surface area (Å²) in [6.45, 7) is 5.75. The van der Waals surface area contributed by atoms with Gasteiger partial charge in [0.15, 0.2) is 5.13 Å². The van der Waals surface area contributed by atoms with Gasteiger partial charge in [-0.2, -0.15) is 0 Å². The Morgan fingerprint density at radius 3 is 2.76 bits per heavy atom. The summed E-state index contributed by atoms with van der Waals surface area (Å²) < 4.78 is 0.904. The van der Waals surface area contributed by atoms with Crippen molar-refractivity contribution < 1.29 is 4.79 Å². The van der Waals surface area contributed by atoms with E-state index in [1.165, 1.54) is 11.3 Å². The number of hydrogen-bond acceptors (Lipinski definition) is 5. The lowest BCUT2D eigenvalue weighted by Crippen LogP contribution is -2.21. The van der Waals surface area contributed by atoms with E-state index >= 15 is 0 Å². The van der Waals surface area contributed by atoms with E-state index in [-0.39, 0.29) is 11.7 Å². The third-order valence-electron chi connectivity index (χ3n) is 2.96. The maximum Gasteiger partial charge on any atom is 0.269 e. The fourth-order valence-corrected chi connectivity index (χ4v) is 3.27. The van der Waals surface area contributed by atoms with Crippen LogP contribution in [0.2, 0.25) is 0 Å². The first-order valence-electron chi connectivity index (χ1n) is 6.63. The molecule has 1 heterocycles. The zero-order valence-electron chi connectivity index (χ0n) is 11.9. The summed E-state index contributed by atoms with van der Waals surface area (Å²) in [5.74, 6) is 0.0379. The molecular weight excluding hydrogens is 352 g/mol. The van der Waals surface area contributed by atoms with Gasteiger partial charge in [-0.05, 0) is 32.0 Å². The van der Waals surface area contributed by atoms with Crippen LogP contribution in [0, 0.1) is 0 Å². The summed E-state index contributed by atoms with van der Waals surface area (Å²) in [4.78, 5) is 19.1. The predicted molar refractivity (Wildman–Crippen MR) is 92.2 cm³/mol. The van der Waals surface area contributed by atoms with Crippen LogP contribution in [0.4, 0.5) is 16.6 Å². The first-order chi connectivity index (χ1) is 10.0. The third-order valence-corrected chi connectivity index (χ3v) is 4.59. The first-order valence-corrected chi connectivity index (χ1v) is 8.24. The number of benzene rings is 1. The summed E-state index contributed by atoms with van der Waals surface area (Å²) in [7, 11) is 0. The van der Waals surface area contributed by atoms with Crippen molar-refractivity contribution in [3.63, 3.8) is 0 Å². The lowest BCUT2D eigenvalue weighted by atomic mass is 10.3. The molecule has 112 valence electrons. The molecule has 0 radical (unpaired) electrons. The maximum atomic E-state index is 12.3. The van der Waals surface area contributed by atoms with Gasteiger partial charge in [-0.25, -0.2) is 4.98 Å². The van der Waals surface area contributed by atoms with Gasteiger partial charge >= 0.3 is 0 Å². The number of aromatic nitrogens is 1. The van der Waals surface area contributed by atoms with Gasteiger partial charge in [0.25, 0.3) is 5.91 Å². The fourth-order valence-electron chi connectivity index (χ4n) is 1.87. The van der Waals surface area contributed by atoms with Gasteiger partial charge in [-0.1, -0.05) is 33.3 Å². The number of nitrogens with two attached hydrogens (primary N) is 1. The molecule has 21 heavy (non-hydrogen) atoms. The molecule has 1 aromatic carbocycles. The smallest absolute Gasteiger partial charge is 0.269 e. The lowest BCUT2D eigenvalue weighted by molar-refractivity contribution is 0.103. The number of halogens is 1. The molecule has 2 aromatic rings. The van der Waals surface area contributed by atoms with E-state index in [1.807, 2.05) is 38.1 Å². The fraction of sp³-hybridized carbons (Fsp3) is 0.286. The molecule has 1 amide bonds. The average Bonchev–Trinajstić information content (AvgIpc) is 2.82. The molecular formula is C14H17BrN4OS. The van der Waals surface area contributed by atoms with Crippen LogP contribution in [-0.4, -0.2) is 24.0 Å². The number of rotatable bonds is 5. The number of carbonyl (C=O) groups excluding carboxylic acids is 1. The Balaban J connectivity index is 2.19. The molecule has 2 rings (SSSR count). The normalized spacial score (nSPS) is 10.4. The van der Waals surface area contributed by atoms with Gasteiger partial charge in [0, 0.05) is 23.2 Å². The molecule has 0 bridgehead atoms. The first kappa shape index (κ1) is 15.8. The van der Waals surface area contributed by atoms with Gasteiger partial charge in [0.1, 0.15) is 10.7 Å². The molecule has 1 aromatic heterocycles. The van der Waals surface area contributed by atoms with Crippen LogP contribution in [-0.2, 0) is 0 Å². The Morgan fingerprint density at radius 1 is 1.43 bits per heavy atom. The van der Waals surface area contributed by atoms with E-state index in [0.717, 1.165) is 22.7 Å². The van der Waals surface area contributed by atoms with Crippen LogP contribution < -0.4 is 16.0 Å². The van der Waals surface area contributed by atoms with Gasteiger partial charge < -0.3 is 16.0 Å². The molecule has 5 nitrogen and oxygen atoms in total. The Morgan fingerprint density at radius 2 is 2.14 bits per heavy atom. The lowest BCUT2D eigenvalue weighted by Gasteiger charge is -2.16. The standard InChI is InChI=1S/C14H17BrN4OS/c1-3-19(4-2)14-18-12(16)11(21-14)13(20)17-10-7-5-6-9(15)8-10/h5-8H,3-4,16H2,1-2H3,(H,17,20). The Bertz CT molecular complexity index is 640. The van der Waals surface area contributed by atoms with E-state index in [2.05, 4.69) is 31.1 Å². The van der Waals surface area contributed by atoms with E-state index in [0.29, 0.717) is 10.6 Å². The zero-order valence-corrected chi connectivity index (χ0v) is 14.3. The van der Waals surface area contributed by atoms with Crippen molar-refractivity contribution >= 4 is 49.8 Å². The van der Waals surface area contributed by atoms with Crippen LogP contribution in [0.5, 0.6) is 0 Å². The number of amides is 1. The third kappa shape index (κ3) is 3.74. The quantitative estimate of drug-likeness (QED) is 0.845. The van der Waals surface area contributed by atoms with Crippen molar-refractivity contribution in [1.82, 2.24) is 4.98 Å². The van der Waals surface area contributed by atoms with Crippen LogP contribution in [0.1, 0.15) is 23.5 Å². The molecule has 3 N–H and O–H groups in total. The minimum absolute atomic E-state index is 0.235. The summed E-state index contributed by atoms with van der Waals surface area (Å²) in [5, 5.41) is 3.61. The highest BCUT2D eigenvalue weighted by Gasteiger charge is 2.18. The second-order valence-electron chi connectivity index (χ2n) is 4.35. The molecule has 0 saturated carbocycles. The van der Waals surface area contributed by atoms with Crippen LogP contribution in [0.15, 0.2) is 28.7 Å². The highest BCUT2D eigenvalue weighted by Crippen LogP contribution is 2.29. The summed E-state index contributed by atoms with van der Waals surface area (Å²) in [6.07, 6.45) is 0. The predicted octanol–water partition coefficient (Wildman–Crippen LogP) is 3.59. The largest absolute Gasteiger partial charge is 0.382 e. The second-order valence-corrected chi connectivity index (χ2v) is 6.24. The molecule has 0 aliphatic carbocycles. The Kier molecular flexibility index (Phi) is 5.19. The molecule has 0 aliphatic rings. The van der Waals surface area contributed by atoms with Gasteiger partial charge in [0.2, 0.25) is 0 Å². The molecule has 0 spiro atoms. The van der Waals surface area contributed by atoms with E-state index in [4.69, 9.17) is 5.73 Å². The number of carbonyl (C=O) groups is 1. The summed E-state index contributed by atoms with van der Waals surface area (Å²) in [5.41, 5.74) is 6.59. The van der Waals surface area contributed by atoms with Crippen LogP contribution >= 0.6 is 27.3 Å². The average molecular weight is 369 g/mol. The highest BCUT2D eigenvalue weighted by atomic mass is 79.9. The number of nitrogen functional groups attached to an aromatic ring is 1. The summed E-state index contributed by atoms with van der Waals surface area (Å²) in [6, 6.07) is 7.41. The van der Waals surface area contributed by atoms with E-state index < -0.39 is 0 Å². The molecule has 7 heteroatoms. The van der Waals surface area contributed by atoms with Crippen molar-refractivity contribution in [3.8, 4) is 0 Å². The van der Waals surface area contributed by atoms with Crippen molar-refractivity contribution in [3.05, 3.63) is 33.6 Å². The maximum absolute atomic E-state index is 12.3. The van der Waals surface area contributed by atoms with Crippen molar-refractivity contribution in [2.24, 2.45) is 0 Å². The van der Waals surface area contributed by atoms with E-state index in [1.54, 1.807) is 0 Å². The minimum atomic E-state index is -0.235. The van der Waals surface area contributed by atoms with Crippen molar-refractivity contribution in [2.45, 2.75) is 13.8 Å². The van der Waals surface area contributed by atoms with Gasteiger partial charge in [-0.3, -0.25) is 4.79 Å². The van der Waals surface area contributed by atoms with Crippen LogP contribution in [0.25, 0.3) is 0 Å². The number of thiazole rings is 1. The molecule has 0 aliphatic heterocycles. The van der Waals surface area contributed by atoms with E-state index in [9.17, 15) is 4.79 Å². The number of nitrogens with one attached hydrogen (secondary N) is 1. The zero-order chi connectivity index (χ0) is 15.4.